The predicted molar refractivity (Wildman–Crippen MR) is 89.3 cm³/mol. The van der Waals surface area contributed by atoms with E-state index >= 15 is 0 Å². The van der Waals surface area contributed by atoms with Crippen LogP contribution >= 0.6 is 0 Å². The standard InChI is InChI=1S/C17H20N4O3/c1-3-13-4-6-15(7-5-13)24-10-14(22)9-20-12(2)8-16(23)21-17(20)18-11-19-21/h4-8,11,14,22H,3,9-10H2,1-2H3. The molecule has 1 N–H and O–H groups in total. The van der Waals surface area contributed by atoms with Gasteiger partial charge in [0, 0.05) is 11.8 Å². The quantitative estimate of drug-likeness (QED) is 0.735. The Morgan fingerprint density at radius 2 is 2.04 bits per heavy atom. The van der Waals surface area contributed by atoms with Crippen LogP contribution in [0.15, 0.2) is 41.5 Å². The topological polar surface area (TPSA) is 81.7 Å². The Kier molecular flexibility index (Phi) is 4.61. The number of aliphatic hydroxyl groups excluding tert-OH is 1. The molecular formula is C17H20N4O3. The van der Waals surface area contributed by atoms with Crippen molar-refractivity contribution in [1.29, 1.82) is 0 Å². The fraction of sp³-hybridized carbons (Fsp3) is 0.353. The lowest BCUT2D eigenvalue weighted by Crippen LogP contribution is -2.28. The first-order valence-electron chi connectivity index (χ1n) is 7.88. The monoisotopic (exact) mass is 328 g/mol. The molecule has 7 heteroatoms. The molecule has 126 valence electrons. The minimum atomic E-state index is -0.738. The van der Waals surface area contributed by atoms with Crippen molar-refractivity contribution in [2.75, 3.05) is 6.61 Å². The van der Waals surface area contributed by atoms with Crippen molar-refractivity contribution >= 4 is 5.78 Å². The lowest BCUT2D eigenvalue weighted by atomic mass is 10.2. The summed E-state index contributed by atoms with van der Waals surface area (Å²) < 4.78 is 8.59. The highest BCUT2D eigenvalue weighted by atomic mass is 16.5. The molecule has 0 aliphatic heterocycles. The van der Waals surface area contributed by atoms with Crippen LogP contribution in [0.5, 0.6) is 5.75 Å². The van der Waals surface area contributed by atoms with E-state index in [0.717, 1.165) is 12.2 Å². The van der Waals surface area contributed by atoms with Crippen LogP contribution in [0.3, 0.4) is 0 Å². The summed E-state index contributed by atoms with van der Waals surface area (Å²) >= 11 is 0. The van der Waals surface area contributed by atoms with E-state index in [1.165, 1.54) is 22.5 Å². The van der Waals surface area contributed by atoms with Crippen LogP contribution < -0.4 is 10.3 Å². The van der Waals surface area contributed by atoms with Gasteiger partial charge in [0.2, 0.25) is 5.78 Å². The molecule has 0 aliphatic carbocycles. The molecule has 0 radical (unpaired) electrons. The molecule has 24 heavy (non-hydrogen) atoms. The van der Waals surface area contributed by atoms with Crippen LogP contribution in [0.25, 0.3) is 5.78 Å². The third-order valence-electron chi connectivity index (χ3n) is 3.91. The molecule has 0 bridgehead atoms. The van der Waals surface area contributed by atoms with Gasteiger partial charge in [-0.1, -0.05) is 19.1 Å². The number of benzene rings is 1. The summed E-state index contributed by atoms with van der Waals surface area (Å²) in [5, 5.41) is 14.2. The summed E-state index contributed by atoms with van der Waals surface area (Å²) in [7, 11) is 0. The van der Waals surface area contributed by atoms with Gasteiger partial charge in [-0.25, -0.2) is 0 Å². The zero-order valence-electron chi connectivity index (χ0n) is 13.7. The Morgan fingerprint density at radius 3 is 2.75 bits per heavy atom. The summed E-state index contributed by atoms with van der Waals surface area (Å²) in [6.45, 7) is 4.31. The Hall–Kier alpha value is -2.67. The third kappa shape index (κ3) is 3.30. The summed E-state index contributed by atoms with van der Waals surface area (Å²) in [4.78, 5) is 15.9. The SMILES string of the molecule is CCc1ccc(OCC(O)Cn2c(C)cc(=O)n3ncnc23)cc1. The van der Waals surface area contributed by atoms with E-state index < -0.39 is 6.10 Å². The second-order valence-electron chi connectivity index (χ2n) is 5.67. The molecule has 3 aromatic rings. The molecule has 0 fully saturated rings. The molecule has 1 unspecified atom stereocenters. The second-order valence-corrected chi connectivity index (χ2v) is 5.67. The van der Waals surface area contributed by atoms with Gasteiger partial charge in [0.15, 0.2) is 0 Å². The number of aliphatic hydroxyl groups is 1. The molecule has 7 nitrogen and oxygen atoms in total. The van der Waals surface area contributed by atoms with E-state index in [0.29, 0.717) is 11.5 Å². The van der Waals surface area contributed by atoms with Crippen molar-refractivity contribution in [3.8, 4) is 5.75 Å². The van der Waals surface area contributed by atoms with Crippen LogP contribution in [0.1, 0.15) is 18.2 Å². The van der Waals surface area contributed by atoms with E-state index in [-0.39, 0.29) is 18.7 Å². The van der Waals surface area contributed by atoms with Crippen molar-refractivity contribution in [2.24, 2.45) is 0 Å². The number of hydrogen-bond donors (Lipinski definition) is 1. The van der Waals surface area contributed by atoms with Crippen LogP contribution in [0.4, 0.5) is 0 Å². The van der Waals surface area contributed by atoms with Crippen molar-refractivity contribution in [3.05, 3.63) is 58.3 Å². The smallest absolute Gasteiger partial charge is 0.275 e. The summed E-state index contributed by atoms with van der Waals surface area (Å²) in [5.41, 5.74) is 1.71. The molecule has 0 spiro atoms. The zero-order valence-corrected chi connectivity index (χ0v) is 13.7. The average Bonchev–Trinajstić information content (AvgIpc) is 3.07. The number of aromatic nitrogens is 4. The number of ether oxygens (including phenoxy) is 1. The lowest BCUT2D eigenvalue weighted by Gasteiger charge is -2.17. The van der Waals surface area contributed by atoms with Gasteiger partial charge >= 0.3 is 0 Å². The van der Waals surface area contributed by atoms with Gasteiger partial charge in [0.25, 0.3) is 5.56 Å². The van der Waals surface area contributed by atoms with Crippen molar-refractivity contribution in [3.63, 3.8) is 0 Å². The summed E-state index contributed by atoms with van der Waals surface area (Å²) in [6.07, 6.45) is 1.56. The van der Waals surface area contributed by atoms with Crippen LogP contribution in [0, 0.1) is 6.92 Å². The van der Waals surface area contributed by atoms with E-state index in [1.54, 1.807) is 11.5 Å². The molecule has 1 aromatic carbocycles. The van der Waals surface area contributed by atoms with Gasteiger partial charge in [-0.05, 0) is 31.0 Å². The minimum absolute atomic E-state index is 0.150. The second kappa shape index (κ2) is 6.84. The lowest BCUT2D eigenvalue weighted by molar-refractivity contribution is 0.0924. The van der Waals surface area contributed by atoms with Crippen LogP contribution in [-0.2, 0) is 13.0 Å². The van der Waals surface area contributed by atoms with Crippen molar-refractivity contribution < 1.29 is 9.84 Å². The van der Waals surface area contributed by atoms with E-state index in [4.69, 9.17) is 4.74 Å². The first kappa shape index (κ1) is 16.2. The molecular weight excluding hydrogens is 308 g/mol. The van der Waals surface area contributed by atoms with Gasteiger partial charge in [-0.2, -0.15) is 14.6 Å². The van der Waals surface area contributed by atoms with Gasteiger partial charge in [0.1, 0.15) is 24.8 Å². The van der Waals surface area contributed by atoms with Gasteiger partial charge in [0.05, 0.1) is 6.54 Å². The Morgan fingerprint density at radius 1 is 1.29 bits per heavy atom. The first-order valence-corrected chi connectivity index (χ1v) is 7.88. The van der Waals surface area contributed by atoms with Crippen LogP contribution in [-0.4, -0.2) is 37.0 Å². The zero-order chi connectivity index (χ0) is 17.1. The maximum atomic E-state index is 11.8. The minimum Gasteiger partial charge on any atom is -0.491 e. The molecule has 0 saturated carbocycles. The maximum Gasteiger partial charge on any atom is 0.275 e. The van der Waals surface area contributed by atoms with Crippen molar-refractivity contribution in [1.82, 2.24) is 19.2 Å². The van der Waals surface area contributed by atoms with Gasteiger partial charge in [-0.3, -0.25) is 4.79 Å². The molecule has 0 aliphatic rings. The Bertz CT molecular complexity index is 883. The third-order valence-corrected chi connectivity index (χ3v) is 3.91. The number of fused-ring (bicyclic) bond motifs is 1. The Balaban J connectivity index is 1.69. The summed E-state index contributed by atoms with van der Waals surface area (Å²) in [5.74, 6) is 1.13. The van der Waals surface area contributed by atoms with E-state index in [1.807, 2.05) is 24.3 Å². The highest BCUT2D eigenvalue weighted by molar-refractivity contribution is 5.29. The number of aryl methyl sites for hydroxylation is 2. The highest BCUT2D eigenvalue weighted by Crippen LogP contribution is 2.13. The van der Waals surface area contributed by atoms with Gasteiger partial charge in [-0.15, -0.1) is 0 Å². The molecule has 2 aromatic heterocycles. The molecule has 3 rings (SSSR count). The number of rotatable bonds is 6. The Labute approximate surface area is 139 Å². The fourth-order valence-corrected chi connectivity index (χ4v) is 2.55. The van der Waals surface area contributed by atoms with Gasteiger partial charge < -0.3 is 14.4 Å². The maximum absolute atomic E-state index is 11.8. The van der Waals surface area contributed by atoms with Crippen molar-refractivity contribution in [2.45, 2.75) is 32.9 Å². The molecule has 1 atom stereocenters. The predicted octanol–water partition coefficient (Wildman–Crippen LogP) is 1.20. The largest absolute Gasteiger partial charge is 0.491 e. The summed E-state index contributed by atoms with van der Waals surface area (Å²) in [6, 6.07) is 9.28. The molecule has 0 amide bonds. The normalized spacial score (nSPS) is 12.5. The molecule has 2 heterocycles. The average molecular weight is 328 g/mol. The van der Waals surface area contributed by atoms with E-state index in [9.17, 15) is 9.90 Å². The fourth-order valence-electron chi connectivity index (χ4n) is 2.55. The van der Waals surface area contributed by atoms with Crippen LogP contribution in [0.2, 0.25) is 0 Å². The van der Waals surface area contributed by atoms with E-state index in [2.05, 4.69) is 17.0 Å². The molecule has 0 saturated heterocycles. The highest BCUT2D eigenvalue weighted by Gasteiger charge is 2.13. The number of hydrogen-bond acceptors (Lipinski definition) is 5. The first-order chi connectivity index (χ1) is 11.6. The number of nitrogens with zero attached hydrogens (tertiary/aromatic N) is 4.